The molecule has 0 spiro atoms. The van der Waals surface area contributed by atoms with Gasteiger partial charge in [0.2, 0.25) is 0 Å². The third-order valence-electron chi connectivity index (χ3n) is 2.83. The second-order valence-corrected chi connectivity index (χ2v) is 5.97. The lowest BCUT2D eigenvalue weighted by molar-refractivity contribution is -0.141. The van der Waals surface area contributed by atoms with Crippen molar-refractivity contribution >= 4 is 29.0 Å². The summed E-state index contributed by atoms with van der Waals surface area (Å²) in [6.45, 7) is 0. The van der Waals surface area contributed by atoms with Crippen LogP contribution in [0.1, 0.15) is 11.4 Å². The van der Waals surface area contributed by atoms with Crippen LogP contribution >= 0.6 is 23.4 Å². The van der Waals surface area contributed by atoms with Crippen molar-refractivity contribution in [2.75, 3.05) is 0 Å². The monoisotopic (exact) mass is 360 g/mol. The van der Waals surface area contributed by atoms with Crippen LogP contribution in [0.5, 0.6) is 0 Å². The number of pyridine rings is 1. The summed E-state index contributed by atoms with van der Waals surface area (Å²) < 4.78 is 39.6. The number of halogens is 4. The number of rotatable bonds is 3. The minimum Gasteiger partial charge on any atom is -0.305 e. The Morgan fingerprint density at radius 3 is 2.78 bits per heavy atom. The number of thioether (sulfide) groups is 1. The van der Waals surface area contributed by atoms with Gasteiger partial charge in [-0.15, -0.1) is 0 Å². The third-order valence-corrected chi connectivity index (χ3v) is 3.96. The van der Waals surface area contributed by atoms with Crippen LogP contribution in [0, 0.1) is 0 Å². The molecule has 0 aliphatic rings. The number of fused-ring (bicyclic) bond motifs is 1. The summed E-state index contributed by atoms with van der Waals surface area (Å²) in [5.74, 6) is 0.254. The quantitative estimate of drug-likeness (QED) is 0.574. The number of aromatic nitrogens is 4. The molecule has 3 aromatic rings. The predicted molar refractivity (Wildman–Crippen MR) is 79.6 cm³/mol. The van der Waals surface area contributed by atoms with Crippen molar-refractivity contribution < 1.29 is 13.2 Å². The molecule has 3 rings (SSSR count). The molecular weight excluding hydrogens is 353 g/mol. The van der Waals surface area contributed by atoms with Crippen LogP contribution in [0.15, 0.2) is 40.5 Å². The minimum atomic E-state index is -4.66. The molecule has 120 valence electrons. The number of H-pyrrole nitrogens is 1. The maximum Gasteiger partial charge on any atom is 0.433 e. The largest absolute Gasteiger partial charge is 0.433 e. The molecule has 1 N–H and O–H groups in total. The Morgan fingerprint density at radius 2 is 2.04 bits per heavy atom. The molecular formula is C13H8ClF3N4OS. The number of nitrogens with zero attached hydrogens (tertiary/aromatic N) is 3. The van der Waals surface area contributed by atoms with E-state index in [0.29, 0.717) is 22.4 Å². The highest BCUT2D eigenvalue weighted by atomic mass is 35.5. The minimum absolute atomic E-state index is 0.111. The fraction of sp³-hybridized carbons (Fsp3) is 0.154. The van der Waals surface area contributed by atoms with Crippen LogP contribution in [-0.2, 0) is 11.9 Å². The van der Waals surface area contributed by atoms with Gasteiger partial charge in [-0.25, -0.2) is 9.97 Å². The number of alkyl halides is 3. The van der Waals surface area contributed by atoms with Crippen LogP contribution < -0.4 is 5.56 Å². The van der Waals surface area contributed by atoms with Crippen molar-refractivity contribution in [1.82, 2.24) is 19.4 Å². The molecule has 0 fully saturated rings. The first kappa shape index (κ1) is 15.9. The molecule has 0 radical (unpaired) electrons. The molecule has 0 aliphatic heterocycles. The van der Waals surface area contributed by atoms with Gasteiger partial charge in [0, 0.05) is 24.2 Å². The van der Waals surface area contributed by atoms with Crippen LogP contribution in [-0.4, -0.2) is 19.4 Å². The van der Waals surface area contributed by atoms with Crippen molar-refractivity contribution in [1.29, 1.82) is 0 Å². The number of imidazole rings is 1. The normalized spacial score (nSPS) is 12.0. The molecule has 3 heterocycles. The van der Waals surface area contributed by atoms with Gasteiger partial charge in [-0.1, -0.05) is 23.4 Å². The second-order valence-electron chi connectivity index (χ2n) is 4.57. The van der Waals surface area contributed by atoms with E-state index in [0.717, 1.165) is 11.8 Å². The van der Waals surface area contributed by atoms with Crippen molar-refractivity contribution in [2.45, 2.75) is 17.1 Å². The van der Waals surface area contributed by atoms with Gasteiger partial charge in [0.05, 0.1) is 10.7 Å². The molecule has 23 heavy (non-hydrogen) atoms. The molecule has 3 aromatic heterocycles. The van der Waals surface area contributed by atoms with Gasteiger partial charge in [-0.2, -0.15) is 13.2 Å². The van der Waals surface area contributed by atoms with E-state index in [1.165, 1.54) is 0 Å². The Balaban J connectivity index is 1.82. The summed E-state index contributed by atoms with van der Waals surface area (Å²) in [6, 6.07) is 3.84. The Hall–Kier alpha value is -2.00. The number of hydrogen-bond acceptors (Lipinski definition) is 4. The highest BCUT2D eigenvalue weighted by Crippen LogP contribution is 2.28. The Bertz CT molecular complexity index is 921. The van der Waals surface area contributed by atoms with Gasteiger partial charge in [0.15, 0.2) is 10.9 Å². The predicted octanol–water partition coefficient (Wildman–Crippen LogP) is 3.38. The first-order valence-electron chi connectivity index (χ1n) is 6.26. The van der Waals surface area contributed by atoms with Crippen molar-refractivity contribution in [3.63, 3.8) is 0 Å². The van der Waals surface area contributed by atoms with Gasteiger partial charge in [-0.3, -0.25) is 4.79 Å². The van der Waals surface area contributed by atoms with E-state index >= 15 is 0 Å². The van der Waals surface area contributed by atoms with E-state index < -0.39 is 17.4 Å². The van der Waals surface area contributed by atoms with Crippen LogP contribution in [0.3, 0.4) is 0 Å². The molecule has 0 atom stereocenters. The summed E-state index contributed by atoms with van der Waals surface area (Å²) >= 11 is 6.83. The van der Waals surface area contributed by atoms with Crippen molar-refractivity contribution in [3.8, 4) is 0 Å². The Labute approximate surface area is 136 Å². The van der Waals surface area contributed by atoms with Crippen LogP contribution in [0.4, 0.5) is 13.2 Å². The fourth-order valence-corrected chi connectivity index (χ4v) is 2.81. The van der Waals surface area contributed by atoms with Crippen LogP contribution in [0.2, 0.25) is 5.02 Å². The van der Waals surface area contributed by atoms with Crippen molar-refractivity contribution in [2.24, 2.45) is 0 Å². The van der Waals surface area contributed by atoms with Gasteiger partial charge < -0.3 is 9.38 Å². The van der Waals surface area contributed by atoms with E-state index in [2.05, 4.69) is 15.0 Å². The molecule has 0 aromatic carbocycles. The fourth-order valence-electron chi connectivity index (χ4n) is 1.88. The van der Waals surface area contributed by atoms with Gasteiger partial charge in [0.1, 0.15) is 5.65 Å². The first-order valence-corrected chi connectivity index (χ1v) is 7.62. The zero-order valence-corrected chi connectivity index (χ0v) is 12.8. The maximum atomic E-state index is 12.6. The lowest BCUT2D eigenvalue weighted by Gasteiger charge is -2.06. The molecule has 0 bridgehead atoms. The zero-order chi connectivity index (χ0) is 16.6. The molecule has 10 heteroatoms. The highest BCUT2D eigenvalue weighted by molar-refractivity contribution is 7.98. The summed E-state index contributed by atoms with van der Waals surface area (Å²) in [7, 11) is 0. The van der Waals surface area contributed by atoms with Crippen molar-refractivity contribution in [3.05, 3.63) is 57.4 Å². The molecule has 0 aliphatic carbocycles. The standard InChI is InChI=1S/C13H8ClF3N4OS/c14-7-1-2-10-18-8(5-21(10)4-7)6-23-12-19-9(13(15,16)17)3-11(22)20-12/h1-5H,6H2,(H,19,20,22). The number of nitrogens with one attached hydrogen (secondary N) is 1. The zero-order valence-electron chi connectivity index (χ0n) is 11.3. The highest BCUT2D eigenvalue weighted by Gasteiger charge is 2.33. The Morgan fingerprint density at radius 1 is 1.26 bits per heavy atom. The van der Waals surface area contributed by atoms with E-state index in [9.17, 15) is 18.0 Å². The summed E-state index contributed by atoms with van der Waals surface area (Å²) in [6.07, 6.45) is -1.29. The molecule has 0 saturated heterocycles. The average molecular weight is 361 g/mol. The van der Waals surface area contributed by atoms with E-state index in [1.54, 1.807) is 28.9 Å². The van der Waals surface area contributed by atoms with Crippen LogP contribution in [0.25, 0.3) is 5.65 Å². The van der Waals surface area contributed by atoms with E-state index in [-0.39, 0.29) is 10.9 Å². The molecule has 0 amide bonds. The van der Waals surface area contributed by atoms with Gasteiger partial charge in [0.25, 0.3) is 5.56 Å². The number of hydrogen-bond donors (Lipinski definition) is 1. The summed E-state index contributed by atoms with van der Waals surface area (Å²) in [4.78, 5) is 21.3. The van der Waals surface area contributed by atoms with E-state index in [4.69, 9.17) is 11.6 Å². The van der Waals surface area contributed by atoms with E-state index in [1.807, 2.05) is 0 Å². The summed E-state index contributed by atoms with van der Waals surface area (Å²) in [5, 5.41) is 0.429. The average Bonchev–Trinajstić information content (AvgIpc) is 2.85. The Kier molecular flexibility index (Phi) is 4.07. The molecule has 0 saturated carbocycles. The summed E-state index contributed by atoms with van der Waals surface area (Å²) in [5.41, 5.74) is -0.782. The smallest absolute Gasteiger partial charge is 0.305 e. The SMILES string of the molecule is O=c1cc(C(F)(F)F)nc(SCc2cn3cc(Cl)ccc3n2)[nH]1. The van der Waals surface area contributed by atoms with Gasteiger partial charge >= 0.3 is 6.18 Å². The maximum absolute atomic E-state index is 12.6. The third kappa shape index (κ3) is 3.67. The molecule has 0 unspecified atom stereocenters. The lowest BCUT2D eigenvalue weighted by atomic mass is 10.4. The first-order chi connectivity index (χ1) is 10.8. The topological polar surface area (TPSA) is 63.1 Å². The van der Waals surface area contributed by atoms with Gasteiger partial charge in [-0.05, 0) is 12.1 Å². The second kappa shape index (κ2) is 5.89. The molecule has 5 nitrogen and oxygen atoms in total. The lowest BCUT2D eigenvalue weighted by Crippen LogP contribution is -2.16. The number of aromatic amines is 1.